The first-order valence-electron chi connectivity index (χ1n) is 5.85. The Morgan fingerprint density at radius 2 is 2.05 bits per heavy atom. The maximum Gasteiger partial charge on any atom is 0.321 e. The maximum atomic E-state index is 11.0. The second kappa shape index (κ2) is 5.33. The molecule has 1 aromatic rings. The Bertz CT molecular complexity index is 487. The predicted molar refractivity (Wildman–Crippen MR) is 65.6 cm³/mol. The number of benzene rings is 1. The summed E-state index contributed by atoms with van der Waals surface area (Å²) < 4.78 is 0. The van der Waals surface area contributed by atoms with Gasteiger partial charge < -0.3 is 10.2 Å². The fourth-order valence-corrected chi connectivity index (χ4v) is 2.27. The lowest BCUT2D eigenvalue weighted by Crippen LogP contribution is -2.35. The van der Waals surface area contributed by atoms with Gasteiger partial charge in [0, 0.05) is 31.6 Å². The highest BCUT2D eigenvalue weighted by Crippen LogP contribution is 2.21. The first-order valence-corrected chi connectivity index (χ1v) is 5.85. The van der Waals surface area contributed by atoms with Gasteiger partial charge >= 0.3 is 5.97 Å². The smallest absolute Gasteiger partial charge is 0.321 e. The van der Waals surface area contributed by atoms with Gasteiger partial charge in [0.2, 0.25) is 0 Å². The van der Waals surface area contributed by atoms with Crippen LogP contribution in [0.3, 0.4) is 0 Å². The van der Waals surface area contributed by atoms with Crippen LogP contribution in [0, 0.1) is 10.1 Å². The second-order valence-electron chi connectivity index (χ2n) is 4.60. The van der Waals surface area contributed by atoms with Gasteiger partial charge in [-0.3, -0.25) is 19.8 Å². The van der Waals surface area contributed by atoms with Crippen LogP contribution in [0.5, 0.6) is 0 Å². The van der Waals surface area contributed by atoms with E-state index in [2.05, 4.69) is 0 Å². The topological polar surface area (TPSA) is 104 Å². The van der Waals surface area contributed by atoms with E-state index in [1.165, 1.54) is 12.1 Å². The van der Waals surface area contributed by atoms with Crippen molar-refractivity contribution >= 4 is 11.7 Å². The standard InChI is InChI=1S/C12H14N2O5/c15-10-5-11(12(16)17)13(7-10)6-8-1-3-9(4-2-8)14(18)19/h1-4,10-11,15H,5-7H2,(H,16,17)/t10-,11+/m1/s1. The highest BCUT2D eigenvalue weighted by atomic mass is 16.6. The number of aliphatic hydroxyl groups excluding tert-OH is 1. The SMILES string of the molecule is O=C(O)[C@@H]1C[C@@H](O)CN1Cc1ccc([N+](=O)[O-])cc1. The highest BCUT2D eigenvalue weighted by Gasteiger charge is 2.35. The molecule has 2 rings (SSSR count). The lowest BCUT2D eigenvalue weighted by Gasteiger charge is -2.20. The zero-order valence-corrected chi connectivity index (χ0v) is 10.1. The number of aliphatic hydroxyl groups is 1. The number of non-ortho nitro benzene ring substituents is 1. The third-order valence-corrected chi connectivity index (χ3v) is 3.20. The molecule has 0 aromatic heterocycles. The first-order chi connectivity index (χ1) is 8.97. The van der Waals surface area contributed by atoms with Crippen molar-refractivity contribution < 1.29 is 19.9 Å². The summed E-state index contributed by atoms with van der Waals surface area (Å²) in [5.74, 6) is -0.960. The van der Waals surface area contributed by atoms with E-state index in [4.69, 9.17) is 5.11 Å². The third-order valence-electron chi connectivity index (χ3n) is 3.20. The Labute approximate surface area is 109 Å². The highest BCUT2D eigenvalue weighted by molar-refractivity contribution is 5.74. The summed E-state index contributed by atoms with van der Waals surface area (Å²) in [6, 6.07) is 5.27. The molecule has 0 amide bonds. The van der Waals surface area contributed by atoms with Gasteiger partial charge in [-0.25, -0.2) is 0 Å². The van der Waals surface area contributed by atoms with Crippen molar-refractivity contribution in [3.05, 3.63) is 39.9 Å². The molecule has 2 atom stereocenters. The van der Waals surface area contributed by atoms with Crippen molar-refractivity contribution in [3.63, 3.8) is 0 Å². The van der Waals surface area contributed by atoms with Crippen LogP contribution in [-0.4, -0.2) is 44.7 Å². The molecule has 0 aliphatic carbocycles. The molecule has 1 heterocycles. The van der Waals surface area contributed by atoms with E-state index >= 15 is 0 Å². The zero-order valence-electron chi connectivity index (χ0n) is 10.1. The van der Waals surface area contributed by atoms with Crippen LogP contribution >= 0.6 is 0 Å². The van der Waals surface area contributed by atoms with Gasteiger partial charge in [-0.05, 0) is 5.56 Å². The van der Waals surface area contributed by atoms with E-state index in [-0.39, 0.29) is 12.1 Å². The van der Waals surface area contributed by atoms with Crippen molar-refractivity contribution in [2.75, 3.05) is 6.54 Å². The van der Waals surface area contributed by atoms with Crippen LogP contribution in [0.15, 0.2) is 24.3 Å². The Morgan fingerprint density at radius 1 is 1.42 bits per heavy atom. The molecule has 0 saturated carbocycles. The van der Waals surface area contributed by atoms with Crippen LogP contribution in [0.1, 0.15) is 12.0 Å². The summed E-state index contributed by atoms with van der Waals surface area (Å²) in [5, 5.41) is 29.1. The zero-order chi connectivity index (χ0) is 14.0. The van der Waals surface area contributed by atoms with Gasteiger partial charge in [-0.1, -0.05) is 12.1 Å². The van der Waals surface area contributed by atoms with Gasteiger partial charge in [-0.15, -0.1) is 0 Å². The molecular weight excluding hydrogens is 252 g/mol. The fourth-order valence-electron chi connectivity index (χ4n) is 2.27. The average molecular weight is 266 g/mol. The molecule has 1 fully saturated rings. The van der Waals surface area contributed by atoms with E-state index in [9.17, 15) is 20.0 Å². The Balaban J connectivity index is 2.07. The van der Waals surface area contributed by atoms with E-state index in [0.29, 0.717) is 13.1 Å². The molecule has 0 radical (unpaired) electrons. The second-order valence-corrected chi connectivity index (χ2v) is 4.60. The predicted octanol–water partition coefficient (Wildman–Crippen LogP) is 0.615. The molecule has 1 aromatic carbocycles. The van der Waals surface area contributed by atoms with E-state index < -0.39 is 23.0 Å². The van der Waals surface area contributed by atoms with Crippen molar-refractivity contribution in [1.82, 2.24) is 4.90 Å². The summed E-state index contributed by atoms with van der Waals surface area (Å²) in [6.07, 6.45) is -0.429. The number of carbonyl (C=O) groups is 1. The number of hydrogen-bond acceptors (Lipinski definition) is 5. The molecule has 0 bridgehead atoms. The van der Waals surface area contributed by atoms with Crippen LogP contribution < -0.4 is 0 Å². The Hall–Kier alpha value is -1.99. The number of carboxylic acids is 1. The minimum absolute atomic E-state index is 0.00000811. The number of aliphatic carboxylic acids is 1. The molecule has 7 nitrogen and oxygen atoms in total. The number of nitrogens with zero attached hydrogens (tertiary/aromatic N) is 2. The average Bonchev–Trinajstić information content (AvgIpc) is 2.71. The Kier molecular flexibility index (Phi) is 3.77. The summed E-state index contributed by atoms with van der Waals surface area (Å²) >= 11 is 0. The minimum atomic E-state index is -0.960. The fraction of sp³-hybridized carbons (Fsp3) is 0.417. The van der Waals surface area contributed by atoms with Crippen molar-refractivity contribution in [1.29, 1.82) is 0 Å². The van der Waals surface area contributed by atoms with Crippen molar-refractivity contribution in [2.24, 2.45) is 0 Å². The van der Waals surface area contributed by atoms with Gasteiger partial charge in [0.15, 0.2) is 0 Å². The molecule has 102 valence electrons. The van der Waals surface area contributed by atoms with Gasteiger partial charge in [0.25, 0.3) is 5.69 Å². The number of rotatable bonds is 4. The van der Waals surface area contributed by atoms with E-state index in [1.807, 2.05) is 0 Å². The molecule has 1 saturated heterocycles. The van der Waals surface area contributed by atoms with E-state index in [0.717, 1.165) is 5.56 Å². The van der Waals surface area contributed by atoms with E-state index in [1.54, 1.807) is 17.0 Å². The quantitative estimate of drug-likeness (QED) is 0.611. The number of likely N-dealkylation sites (tertiary alicyclic amines) is 1. The van der Waals surface area contributed by atoms with Crippen LogP contribution in [0.4, 0.5) is 5.69 Å². The van der Waals surface area contributed by atoms with Crippen LogP contribution in [0.2, 0.25) is 0 Å². The van der Waals surface area contributed by atoms with Gasteiger partial charge in [-0.2, -0.15) is 0 Å². The number of hydrogen-bond donors (Lipinski definition) is 2. The maximum absolute atomic E-state index is 11.0. The summed E-state index contributed by atoms with van der Waals surface area (Å²) in [7, 11) is 0. The summed E-state index contributed by atoms with van der Waals surface area (Å²) in [4.78, 5) is 22.8. The molecule has 19 heavy (non-hydrogen) atoms. The van der Waals surface area contributed by atoms with Crippen LogP contribution in [0.25, 0.3) is 0 Å². The molecule has 1 aliphatic rings. The number of carboxylic acid groups (broad SMARTS) is 1. The molecule has 0 spiro atoms. The van der Waals surface area contributed by atoms with Gasteiger partial charge in [0.05, 0.1) is 11.0 Å². The minimum Gasteiger partial charge on any atom is -0.480 e. The van der Waals surface area contributed by atoms with Crippen LogP contribution in [-0.2, 0) is 11.3 Å². The molecule has 2 N–H and O–H groups in total. The number of β-amino-alcohol motifs (C(OH)–C–C–N with tert-alkyl or cyclic N) is 1. The molecule has 7 heteroatoms. The first kappa shape index (κ1) is 13.4. The summed E-state index contributed by atoms with van der Waals surface area (Å²) in [6.45, 7) is 0.653. The van der Waals surface area contributed by atoms with Crippen molar-refractivity contribution in [2.45, 2.75) is 25.1 Å². The number of nitro groups is 1. The monoisotopic (exact) mass is 266 g/mol. The number of nitro benzene ring substituents is 1. The molecular formula is C12H14N2O5. The normalized spacial score (nSPS) is 23.4. The lowest BCUT2D eigenvalue weighted by atomic mass is 10.1. The molecule has 0 unspecified atom stereocenters. The van der Waals surface area contributed by atoms with Gasteiger partial charge in [0.1, 0.15) is 6.04 Å². The summed E-state index contributed by atoms with van der Waals surface area (Å²) in [5.41, 5.74) is 0.783. The molecule has 1 aliphatic heterocycles. The third kappa shape index (κ3) is 3.07. The largest absolute Gasteiger partial charge is 0.480 e. The Morgan fingerprint density at radius 3 is 2.58 bits per heavy atom. The lowest BCUT2D eigenvalue weighted by molar-refractivity contribution is -0.384. The van der Waals surface area contributed by atoms with Crippen molar-refractivity contribution in [3.8, 4) is 0 Å².